The molecule has 1 aliphatic carbocycles. The maximum absolute atomic E-state index is 12.7. The molecule has 1 aliphatic heterocycles. The predicted octanol–water partition coefficient (Wildman–Crippen LogP) is 3.39. The Hall–Kier alpha value is -2.89. The standard InChI is InChI=1S/C25H31ClN6O2/c1-31(21-5-2-18(15-27)22(26)14-21)20-6-3-19(4-7-20)28-25(34)23-8-9-24(30-29-23)32-12-10-17(16-33)11-13-32/h2,5,8-9,14,17,19-20,33H,3-4,6-7,10-13,16H2,1H3,(H,28,34). The fourth-order valence-corrected chi connectivity index (χ4v) is 5.07. The maximum atomic E-state index is 12.7. The Morgan fingerprint density at radius 1 is 1.18 bits per heavy atom. The molecule has 1 saturated carbocycles. The molecule has 180 valence electrons. The number of carbonyl (C=O) groups is 1. The number of hydrogen-bond acceptors (Lipinski definition) is 7. The van der Waals surface area contributed by atoms with Gasteiger partial charge in [-0.15, -0.1) is 10.2 Å². The molecule has 1 saturated heterocycles. The first kappa shape index (κ1) is 24.2. The Kier molecular flexibility index (Phi) is 7.86. The zero-order valence-electron chi connectivity index (χ0n) is 19.5. The summed E-state index contributed by atoms with van der Waals surface area (Å²) in [6, 6.07) is 11.7. The van der Waals surface area contributed by atoms with Crippen LogP contribution in [0.4, 0.5) is 11.5 Å². The molecule has 0 radical (unpaired) electrons. The number of rotatable bonds is 6. The Labute approximate surface area is 205 Å². The average Bonchev–Trinajstić information content (AvgIpc) is 2.89. The molecule has 2 heterocycles. The van der Waals surface area contributed by atoms with E-state index in [4.69, 9.17) is 16.9 Å². The van der Waals surface area contributed by atoms with Gasteiger partial charge < -0.3 is 20.2 Å². The van der Waals surface area contributed by atoms with E-state index in [-0.39, 0.29) is 18.6 Å². The van der Waals surface area contributed by atoms with Crippen molar-refractivity contribution in [2.45, 2.75) is 50.6 Å². The summed E-state index contributed by atoms with van der Waals surface area (Å²) in [4.78, 5) is 17.1. The van der Waals surface area contributed by atoms with Crippen LogP contribution in [0.2, 0.25) is 5.02 Å². The van der Waals surface area contributed by atoms with Crippen molar-refractivity contribution in [1.82, 2.24) is 15.5 Å². The SMILES string of the molecule is CN(c1ccc(C#N)c(Cl)c1)C1CCC(NC(=O)c2ccc(N3CCC(CO)CC3)nn2)CC1. The molecule has 2 aromatic rings. The van der Waals surface area contributed by atoms with Crippen molar-refractivity contribution in [2.75, 3.05) is 36.5 Å². The quantitative estimate of drug-likeness (QED) is 0.650. The van der Waals surface area contributed by atoms with E-state index in [1.165, 1.54) is 0 Å². The van der Waals surface area contributed by atoms with Gasteiger partial charge in [0, 0.05) is 44.5 Å². The van der Waals surface area contributed by atoms with Crippen LogP contribution in [-0.2, 0) is 0 Å². The molecular weight excluding hydrogens is 452 g/mol. The Morgan fingerprint density at radius 2 is 1.91 bits per heavy atom. The van der Waals surface area contributed by atoms with E-state index in [9.17, 15) is 9.90 Å². The van der Waals surface area contributed by atoms with Crippen molar-refractivity contribution < 1.29 is 9.90 Å². The first-order valence-corrected chi connectivity index (χ1v) is 12.3. The molecule has 0 spiro atoms. The summed E-state index contributed by atoms with van der Waals surface area (Å²) < 4.78 is 0. The highest BCUT2D eigenvalue weighted by Gasteiger charge is 2.26. The van der Waals surface area contributed by atoms with Crippen LogP contribution >= 0.6 is 11.6 Å². The third-order valence-corrected chi connectivity index (χ3v) is 7.45. The molecule has 1 aromatic carbocycles. The summed E-state index contributed by atoms with van der Waals surface area (Å²) in [6.07, 6.45) is 5.56. The number of amides is 1. The fraction of sp³-hybridized carbons (Fsp3) is 0.520. The monoisotopic (exact) mass is 482 g/mol. The normalized spacial score (nSPS) is 21.1. The molecule has 1 amide bonds. The van der Waals surface area contributed by atoms with E-state index in [0.29, 0.717) is 28.2 Å². The summed E-state index contributed by atoms with van der Waals surface area (Å²) in [5, 5.41) is 30.4. The minimum absolute atomic E-state index is 0.112. The number of aliphatic hydroxyl groups excluding tert-OH is 1. The first-order chi connectivity index (χ1) is 16.5. The van der Waals surface area contributed by atoms with Crippen LogP contribution in [0, 0.1) is 17.2 Å². The van der Waals surface area contributed by atoms with E-state index < -0.39 is 0 Å². The second-order valence-corrected chi connectivity index (χ2v) is 9.66. The predicted molar refractivity (Wildman–Crippen MR) is 132 cm³/mol. The van der Waals surface area contributed by atoms with Gasteiger partial charge in [-0.3, -0.25) is 4.79 Å². The summed E-state index contributed by atoms with van der Waals surface area (Å²) in [5.74, 6) is 0.958. The number of nitriles is 1. The van der Waals surface area contributed by atoms with Crippen LogP contribution in [0.25, 0.3) is 0 Å². The van der Waals surface area contributed by atoms with Gasteiger partial charge in [0.1, 0.15) is 6.07 Å². The van der Waals surface area contributed by atoms with Crippen molar-refractivity contribution in [3.05, 3.63) is 46.6 Å². The van der Waals surface area contributed by atoms with E-state index in [1.54, 1.807) is 12.1 Å². The van der Waals surface area contributed by atoms with Gasteiger partial charge in [-0.1, -0.05) is 11.6 Å². The molecule has 9 heteroatoms. The molecule has 2 N–H and O–H groups in total. The Balaban J connectivity index is 1.26. The lowest BCUT2D eigenvalue weighted by Crippen LogP contribution is -2.43. The van der Waals surface area contributed by atoms with Crippen LogP contribution in [0.5, 0.6) is 0 Å². The largest absolute Gasteiger partial charge is 0.396 e. The number of halogens is 1. The molecule has 2 fully saturated rings. The molecule has 0 atom stereocenters. The van der Waals surface area contributed by atoms with Gasteiger partial charge in [0.25, 0.3) is 5.91 Å². The fourth-order valence-electron chi connectivity index (χ4n) is 4.85. The third kappa shape index (κ3) is 5.60. The van der Waals surface area contributed by atoms with Gasteiger partial charge in [-0.2, -0.15) is 5.26 Å². The highest BCUT2D eigenvalue weighted by molar-refractivity contribution is 6.32. The number of hydrogen-bond donors (Lipinski definition) is 2. The number of anilines is 2. The Morgan fingerprint density at radius 3 is 2.50 bits per heavy atom. The van der Waals surface area contributed by atoms with E-state index in [1.807, 2.05) is 25.2 Å². The van der Waals surface area contributed by atoms with Crippen LogP contribution < -0.4 is 15.1 Å². The van der Waals surface area contributed by atoms with Crippen molar-refractivity contribution in [3.8, 4) is 6.07 Å². The van der Waals surface area contributed by atoms with Crippen molar-refractivity contribution >= 4 is 29.0 Å². The molecular formula is C25H31ClN6O2. The number of carbonyl (C=O) groups excluding carboxylic acids is 1. The molecule has 8 nitrogen and oxygen atoms in total. The second kappa shape index (κ2) is 11.0. The van der Waals surface area contributed by atoms with Crippen LogP contribution in [0.15, 0.2) is 30.3 Å². The molecule has 0 unspecified atom stereocenters. The highest BCUT2D eigenvalue weighted by Crippen LogP contribution is 2.29. The van der Waals surface area contributed by atoms with E-state index in [2.05, 4.69) is 31.4 Å². The topological polar surface area (TPSA) is 105 Å². The summed E-state index contributed by atoms with van der Waals surface area (Å²) in [5.41, 5.74) is 1.81. The first-order valence-electron chi connectivity index (χ1n) is 11.9. The van der Waals surface area contributed by atoms with Crippen molar-refractivity contribution in [1.29, 1.82) is 5.26 Å². The van der Waals surface area contributed by atoms with Crippen molar-refractivity contribution in [3.63, 3.8) is 0 Å². The lowest BCUT2D eigenvalue weighted by atomic mass is 9.90. The zero-order valence-corrected chi connectivity index (χ0v) is 20.2. The number of benzene rings is 1. The summed E-state index contributed by atoms with van der Waals surface area (Å²) in [6.45, 7) is 1.93. The minimum Gasteiger partial charge on any atom is -0.396 e. The van der Waals surface area contributed by atoms with Gasteiger partial charge in [0.05, 0.1) is 10.6 Å². The van der Waals surface area contributed by atoms with Crippen LogP contribution in [0.3, 0.4) is 0 Å². The Bertz CT molecular complexity index is 1020. The number of aliphatic hydroxyl groups is 1. The lowest BCUT2D eigenvalue weighted by molar-refractivity contribution is 0.0919. The minimum atomic E-state index is -0.186. The van der Waals surface area contributed by atoms with E-state index in [0.717, 1.165) is 63.1 Å². The highest BCUT2D eigenvalue weighted by atomic mass is 35.5. The van der Waals surface area contributed by atoms with Gasteiger partial charge in [0.2, 0.25) is 0 Å². The number of aromatic nitrogens is 2. The van der Waals surface area contributed by atoms with Crippen molar-refractivity contribution in [2.24, 2.45) is 5.92 Å². The van der Waals surface area contributed by atoms with Gasteiger partial charge >= 0.3 is 0 Å². The van der Waals surface area contributed by atoms with Crippen LogP contribution in [0.1, 0.15) is 54.6 Å². The number of nitrogens with one attached hydrogen (secondary N) is 1. The van der Waals surface area contributed by atoms with E-state index >= 15 is 0 Å². The van der Waals surface area contributed by atoms with Gasteiger partial charge in [-0.25, -0.2) is 0 Å². The molecule has 34 heavy (non-hydrogen) atoms. The zero-order chi connectivity index (χ0) is 24.1. The number of piperidine rings is 1. The molecule has 2 aliphatic rings. The number of nitrogens with zero attached hydrogens (tertiary/aromatic N) is 5. The molecule has 4 rings (SSSR count). The maximum Gasteiger partial charge on any atom is 0.272 e. The summed E-state index contributed by atoms with van der Waals surface area (Å²) >= 11 is 6.20. The third-order valence-electron chi connectivity index (χ3n) is 7.14. The summed E-state index contributed by atoms with van der Waals surface area (Å²) in [7, 11) is 2.05. The molecule has 0 bridgehead atoms. The lowest BCUT2D eigenvalue weighted by Gasteiger charge is -2.36. The average molecular weight is 483 g/mol. The van der Waals surface area contributed by atoms with Gasteiger partial charge in [-0.05, 0) is 74.8 Å². The van der Waals surface area contributed by atoms with Crippen LogP contribution in [-0.4, -0.2) is 60.0 Å². The smallest absolute Gasteiger partial charge is 0.272 e. The second-order valence-electron chi connectivity index (χ2n) is 9.26. The van der Waals surface area contributed by atoms with Gasteiger partial charge in [0.15, 0.2) is 11.5 Å². The molecule has 1 aromatic heterocycles.